The number of hydrogen-bond donors (Lipinski definition) is 2. The fourth-order valence-corrected chi connectivity index (χ4v) is 2.16. The Bertz CT molecular complexity index is 221. The minimum Gasteiger partial charge on any atom is -0.349 e. The van der Waals surface area contributed by atoms with Crippen molar-refractivity contribution in [1.82, 2.24) is 10.6 Å². The summed E-state index contributed by atoms with van der Waals surface area (Å²) in [4.78, 5) is 11.4. The summed E-state index contributed by atoms with van der Waals surface area (Å²) in [6.07, 6.45) is -0.845. The molecule has 1 amide bonds. The zero-order valence-corrected chi connectivity index (χ0v) is 7.15. The largest absolute Gasteiger partial charge is 0.349 e. The lowest BCUT2D eigenvalue weighted by Gasteiger charge is -2.35. The Hall–Kier alpha value is -0.710. The Morgan fingerprint density at radius 1 is 1.62 bits per heavy atom. The van der Waals surface area contributed by atoms with Crippen LogP contribution in [0.4, 0.5) is 8.78 Å². The Morgan fingerprint density at radius 3 is 2.77 bits per heavy atom. The summed E-state index contributed by atoms with van der Waals surface area (Å²) in [5, 5.41) is 5.32. The van der Waals surface area contributed by atoms with Gasteiger partial charge in [0.15, 0.2) is 0 Å². The molecule has 0 spiro atoms. The Labute approximate surface area is 74.9 Å². The average molecular weight is 190 g/mol. The van der Waals surface area contributed by atoms with Crippen LogP contribution in [0.5, 0.6) is 0 Å². The summed E-state index contributed by atoms with van der Waals surface area (Å²) in [6.45, 7) is 0.315. The number of hydrogen-bond acceptors (Lipinski definition) is 2. The van der Waals surface area contributed by atoms with Crippen LogP contribution in [0, 0.1) is 5.92 Å². The molecule has 0 unspecified atom stereocenters. The highest BCUT2D eigenvalue weighted by molar-refractivity contribution is 5.88. The summed E-state index contributed by atoms with van der Waals surface area (Å²) in [5.41, 5.74) is -0.500. The number of rotatable bonds is 3. The van der Waals surface area contributed by atoms with Crippen molar-refractivity contribution in [3.8, 4) is 0 Å². The molecule has 2 saturated heterocycles. The van der Waals surface area contributed by atoms with Crippen LogP contribution in [-0.2, 0) is 4.79 Å². The van der Waals surface area contributed by atoms with Gasteiger partial charge in [0.05, 0.1) is 12.1 Å². The molecule has 1 saturated carbocycles. The number of carbonyl (C=O) groups excluding carboxylic acids is 1. The number of nitrogens with one attached hydrogen (secondary N) is 2. The number of halogens is 2. The van der Waals surface area contributed by atoms with Crippen molar-refractivity contribution in [3.05, 3.63) is 0 Å². The van der Waals surface area contributed by atoms with E-state index in [4.69, 9.17) is 0 Å². The van der Waals surface area contributed by atoms with Crippen LogP contribution in [0.1, 0.15) is 12.8 Å². The van der Waals surface area contributed by atoms with Crippen LogP contribution in [-0.4, -0.2) is 31.0 Å². The summed E-state index contributed by atoms with van der Waals surface area (Å²) < 4.78 is 23.6. The first kappa shape index (κ1) is 8.87. The van der Waals surface area contributed by atoms with Crippen molar-refractivity contribution < 1.29 is 13.6 Å². The van der Waals surface area contributed by atoms with Gasteiger partial charge >= 0.3 is 0 Å². The minimum absolute atomic E-state index is 0.262. The fourth-order valence-electron chi connectivity index (χ4n) is 2.16. The number of fused-ring (bicyclic) bond motifs is 1. The monoisotopic (exact) mass is 190 g/mol. The van der Waals surface area contributed by atoms with E-state index in [0.29, 0.717) is 5.92 Å². The van der Waals surface area contributed by atoms with Gasteiger partial charge in [-0.2, -0.15) is 0 Å². The Kier molecular flexibility index (Phi) is 1.98. The predicted octanol–water partition coefficient (Wildman–Crippen LogP) is 0.120. The molecule has 3 fully saturated rings. The molecule has 3 rings (SSSR count). The third-order valence-electron chi connectivity index (χ3n) is 2.85. The summed E-state index contributed by atoms with van der Waals surface area (Å²) in [6, 6.07) is 0. The molecule has 3 nitrogen and oxygen atoms in total. The van der Waals surface area contributed by atoms with Gasteiger partial charge in [0.25, 0.3) is 6.43 Å². The second-order valence-corrected chi connectivity index (χ2v) is 3.84. The van der Waals surface area contributed by atoms with Gasteiger partial charge in [0.2, 0.25) is 5.91 Å². The van der Waals surface area contributed by atoms with Gasteiger partial charge in [-0.1, -0.05) is 0 Å². The highest BCUT2D eigenvalue weighted by atomic mass is 19.3. The first-order valence-corrected chi connectivity index (χ1v) is 4.44. The van der Waals surface area contributed by atoms with E-state index in [0.717, 1.165) is 19.4 Å². The van der Waals surface area contributed by atoms with E-state index < -0.39 is 18.5 Å². The molecule has 2 bridgehead atoms. The van der Waals surface area contributed by atoms with Crippen LogP contribution in [0.15, 0.2) is 0 Å². The maximum absolute atomic E-state index is 11.8. The van der Waals surface area contributed by atoms with E-state index >= 15 is 0 Å². The minimum atomic E-state index is -2.46. The zero-order chi connectivity index (χ0) is 9.47. The van der Waals surface area contributed by atoms with Gasteiger partial charge in [-0.25, -0.2) is 8.78 Å². The van der Waals surface area contributed by atoms with Crippen LogP contribution in [0.2, 0.25) is 0 Å². The third-order valence-corrected chi connectivity index (χ3v) is 2.85. The van der Waals surface area contributed by atoms with Crippen molar-refractivity contribution in [2.24, 2.45) is 5.92 Å². The van der Waals surface area contributed by atoms with Gasteiger partial charge in [0, 0.05) is 0 Å². The number of carbonyl (C=O) groups is 1. The molecule has 2 heterocycles. The molecule has 74 valence electrons. The average Bonchev–Trinajstić information content (AvgIpc) is 2.56. The Balaban J connectivity index is 1.84. The summed E-state index contributed by atoms with van der Waals surface area (Å²) in [5.74, 6) is 0.318. The number of alkyl halides is 2. The molecule has 0 aromatic heterocycles. The van der Waals surface area contributed by atoms with E-state index in [9.17, 15) is 13.6 Å². The number of amides is 1. The molecule has 0 aromatic rings. The van der Waals surface area contributed by atoms with Crippen molar-refractivity contribution >= 4 is 5.91 Å². The zero-order valence-electron chi connectivity index (χ0n) is 7.15. The molecule has 5 heteroatoms. The topological polar surface area (TPSA) is 41.1 Å². The standard InChI is InChI=1S/C8H12F2N2O/c9-6(10)4-11-7(13)8-1-5(2-8)3-12-8/h5-6,12H,1-4H2,(H,11,13). The van der Waals surface area contributed by atoms with Gasteiger partial charge in [0.1, 0.15) is 0 Å². The Morgan fingerprint density at radius 2 is 2.31 bits per heavy atom. The fraction of sp³-hybridized carbons (Fsp3) is 0.875. The molecule has 0 radical (unpaired) electrons. The smallest absolute Gasteiger partial charge is 0.255 e. The van der Waals surface area contributed by atoms with Crippen molar-refractivity contribution in [3.63, 3.8) is 0 Å². The van der Waals surface area contributed by atoms with E-state index in [2.05, 4.69) is 10.6 Å². The summed E-state index contributed by atoms with van der Waals surface area (Å²) >= 11 is 0. The third kappa shape index (κ3) is 1.41. The lowest BCUT2D eigenvalue weighted by atomic mass is 9.73. The molecule has 3 aliphatic rings. The van der Waals surface area contributed by atoms with Crippen LogP contribution in [0.3, 0.4) is 0 Å². The molecule has 0 aromatic carbocycles. The summed E-state index contributed by atoms with van der Waals surface area (Å²) in [7, 11) is 0. The highest BCUT2D eigenvalue weighted by Gasteiger charge is 2.55. The van der Waals surface area contributed by atoms with Crippen molar-refractivity contribution in [2.75, 3.05) is 13.1 Å². The van der Waals surface area contributed by atoms with Gasteiger partial charge in [-0.3, -0.25) is 4.79 Å². The van der Waals surface area contributed by atoms with Crippen LogP contribution >= 0.6 is 0 Å². The van der Waals surface area contributed by atoms with E-state index in [-0.39, 0.29) is 5.91 Å². The maximum atomic E-state index is 11.8. The maximum Gasteiger partial charge on any atom is 0.255 e. The van der Waals surface area contributed by atoms with Crippen molar-refractivity contribution in [1.29, 1.82) is 0 Å². The quantitative estimate of drug-likeness (QED) is 0.663. The van der Waals surface area contributed by atoms with Gasteiger partial charge < -0.3 is 10.6 Å². The first-order valence-electron chi connectivity index (χ1n) is 4.44. The molecule has 0 atom stereocenters. The molecule has 2 N–H and O–H groups in total. The van der Waals surface area contributed by atoms with E-state index in [1.807, 2.05) is 0 Å². The van der Waals surface area contributed by atoms with Crippen molar-refractivity contribution in [2.45, 2.75) is 24.8 Å². The first-order chi connectivity index (χ1) is 6.12. The van der Waals surface area contributed by atoms with Gasteiger partial charge in [-0.05, 0) is 25.3 Å². The van der Waals surface area contributed by atoms with E-state index in [1.54, 1.807) is 0 Å². The SMILES string of the molecule is O=C(NCC(F)F)C12CC(CN1)C2. The molecule has 2 aliphatic heterocycles. The molecular formula is C8H12F2N2O. The normalized spacial score (nSPS) is 36.1. The highest BCUT2D eigenvalue weighted by Crippen LogP contribution is 2.43. The molecule has 13 heavy (non-hydrogen) atoms. The molecule has 1 aliphatic carbocycles. The lowest BCUT2D eigenvalue weighted by molar-refractivity contribution is -0.130. The lowest BCUT2D eigenvalue weighted by Crippen LogP contribution is -2.56. The molecular weight excluding hydrogens is 178 g/mol. The predicted molar refractivity (Wildman–Crippen MR) is 42.5 cm³/mol. The van der Waals surface area contributed by atoms with Gasteiger partial charge in [-0.15, -0.1) is 0 Å². The second kappa shape index (κ2) is 2.90. The second-order valence-electron chi connectivity index (χ2n) is 3.84. The van der Waals surface area contributed by atoms with E-state index in [1.165, 1.54) is 0 Å². The van der Waals surface area contributed by atoms with Crippen LogP contribution in [0.25, 0.3) is 0 Å². The van der Waals surface area contributed by atoms with Crippen LogP contribution < -0.4 is 10.6 Å².